The summed E-state index contributed by atoms with van der Waals surface area (Å²) in [6.45, 7) is 3.69. The first kappa shape index (κ1) is 17.8. The third-order valence-corrected chi connectivity index (χ3v) is 3.02. The maximum atomic E-state index is 9.96. The van der Waals surface area contributed by atoms with Crippen LogP contribution in [0.5, 0.6) is 0 Å². The van der Waals surface area contributed by atoms with Crippen molar-refractivity contribution in [3.05, 3.63) is 48.6 Å². The molecule has 0 aliphatic carbocycles. The number of aliphatic hydroxyl groups excluding tert-OH is 2. The molecule has 0 saturated carbocycles. The van der Waals surface area contributed by atoms with E-state index in [0.717, 1.165) is 5.56 Å². The average molecular weight is 296 g/mol. The summed E-state index contributed by atoms with van der Waals surface area (Å²) in [7, 11) is 1.52. The molecule has 1 rings (SSSR count). The maximum Gasteiger partial charge on any atom is 0.146 e. The van der Waals surface area contributed by atoms with Crippen molar-refractivity contribution in [3.63, 3.8) is 0 Å². The molecule has 2 N–H and O–H groups in total. The second-order valence-corrected chi connectivity index (χ2v) is 4.65. The Hall–Kier alpha value is -1.24. The van der Waals surface area contributed by atoms with Gasteiger partial charge in [-0.25, -0.2) is 0 Å². The molecule has 0 heterocycles. The first-order chi connectivity index (χ1) is 10.2. The van der Waals surface area contributed by atoms with Gasteiger partial charge in [0.05, 0.1) is 19.3 Å². The highest BCUT2D eigenvalue weighted by atomic mass is 16.7. The van der Waals surface area contributed by atoms with Crippen LogP contribution in [-0.2, 0) is 20.8 Å². The van der Waals surface area contributed by atoms with Gasteiger partial charge in [0.25, 0.3) is 0 Å². The lowest BCUT2D eigenvalue weighted by Gasteiger charge is -2.29. The fraction of sp³-hybridized carbons (Fsp3) is 0.500. The molecular weight excluding hydrogens is 272 g/mol. The second kappa shape index (κ2) is 10.5. The zero-order valence-electron chi connectivity index (χ0n) is 12.4. The van der Waals surface area contributed by atoms with Gasteiger partial charge in [-0.3, -0.25) is 0 Å². The quantitative estimate of drug-likeness (QED) is 0.478. The van der Waals surface area contributed by atoms with Crippen LogP contribution < -0.4 is 0 Å². The first-order valence-corrected chi connectivity index (χ1v) is 6.88. The second-order valence-electron chi connectivity index (χ2n) is 4.65. The molecule has 0 aromatic heterocycles. The van der Waals surface area contributed by atoms with Crippen LogP contribution in [0, 0.1) is 0 Å². The maximum absolute atomic E-state index is 9.96. The van der Waals surface area contributed by atoms with Crippen molar-refractivity contribution < 1.29 is 24.4 Å². The van der Waals surface area contributed by atoms with E-state index in [2.05, 4.69) is 6.58 Å². The fourth-order valence-corrected chi connectivity index (χ4v) is 1.95. The van der Waals surface area contributed by atoms with Gasteiger partial charge >= 0.3 is 0 Å². The van der Waals surface area contributed by atoms with Gasteiger partial charge in [0.15, 0.2) is 0 Å². The highest BCUT2D eigenvalue weighted by molar-refractivity contribution is 5.13. The number of hydrogen-bond donors (Lipinski definition) is 2. The number of rotatable bonds is 11. The van der Waals surface area contributed by atoms with Gasteiger partial charge in [-0.1, -0.05) is 36.4 Å². The minimum Gasteiger partial charge on any atom is -0.394 e. The largest absolute Gasteiger partial charge is 0.394 e. The van der Waals surface area contributed by atoms with E-state index in [1.54, 1.807) is 6.08 Å². The smallest absolute Gasteiger partial charge is 0.146 e. The van der Waals surface area contributed by atoms with Crippen LogP contribution in [0.2, 0.25) is 0 Å². The van der Waals surface area contributed by atoms with Crippen LogP contribution in [0.4, 0.5) is 0 Å². The van der Waals surface area contributed by atoms with E-state index in [9.17, 15) is 10.2 Å². The molecule has 0 saturated heterocycles. The van der Waals surface area contributed by atoms with Crippen molar-refractivity contribution in [3.8, 4) is 0 Å². The monoisotopic (exact) mass is 296 g/mol. The Bertz CT molecular complexity index is 382. The summed E-state index contributed by atoms with van der Waals surface area (Å²) in [5.41, 5.74) is 0.983. The zero-order valence-corrected chi connectivity index (χ0v) is 12.4. The molecule has 1 aromatic rings. The minimum absolute atomic E-state index is 0.0852. The molecular formula is C16H24O5. The Morgan fingerprint density at radius 2 is 1.95 bits per heavy atom. The number of aliphatic hydroxyl groups is 2. The van der Waals surface area contributed by atoms with Crippen molar-refractivity contribution >= 4 is 0 Å². The summed E-state index contributed by atoms with van der Waals surface area (Å²) in [4.78, 5) is 0. The van der Waals surface area contributed by atoms with Gasteiger partial charge in [-0.2, -0.15) is 0 Å². The Morgan fingerprint density at radius 1 is 1.24 bits per heavy atom. The average Bonchev–Trinajstić information content (AvgIpc) is 2.53. The first-order valence-electron chi connectivity index (χ1n) is 6.88. The summed E-state index contributed by atoms with van der Waals surface area (Å²) in [5, 5.41) is 19.2. The molecule has 5 nitrogen and oxygen atoms in total. The fourth-order valence-electron chi connectivity index (χ4n) is 1.95. The van der Waals surface area contributed by atoms with Crippen molar-refractivity contribution in [2.45, 2.75) is 31.3 Å². The summed E-state index contributed by atoms with van der Waals surface area (Å²) in [5.74, 6) is 0. The summed E-state index contributed by atoms with van der Waals surface area (Å²) in [6, 6.07) is 9.62. The molecule has 0 aliphatic heterocycles. The van der Waals surface area contributed by atoms with Crippen molar-refractivity contribution in [2.24, 2.45) is 0 Å². The van der Waals surface area contributed by atoms with Gasteiger partial charge in [0.2, 0.25) is 0 Å². The van der Waals surface area contributed by atoms with Gasteiger partial charge in [0.1, 0.15) is 19.0 Å². The predicted molar refractivity (Wildman–Crippen MR) is 79.7 cm³/mol. The molecule has 118 valence electrons. The van der Waals surface area contributed by atoms with E-state index >= 15 is 0 Å². The molecule has 3 atom stereocenters. The summed E-state index contributed by atoms with van der Waals surface area (Å²) in [6.07, 6.45) is 0.0376. The molecule has 1 aromatic carbocycles. The lowest BCUT2D eigenvalue weighted by molar-refractivity contribution is -0.165. The topological polar surface area (TPSA) is 68.2 Å². The molecule has 5 heteroatoms. The number of benzene rings is 1. The number of hydrogen-bond acceptors (Lipinski definition) is 5. The molecule has 0 radical (unpaired) electrons. The Morgan fingerprint density at radius 3 is 2.52 bits per heavy atom. The van der Waals surface area contributed by atoms with E-state index in [-0.39, 0.29) is 6.79 Å². The van der Waals surface area contributed by atoms with Crippen molar-refractivity contribution in [1.29, 1.82) is 0 Å². The highest BCUT2D eigenvalue weighted by Crippen LogP contribution is 2.16. The lowest BCUT2D eigenvalue weighted by Crippen LogP contribution is -2.43. The van der Waals surface area contributed by atoms with E-state index in [4.69, 9.17) is 14.2 Å². The molecule has 0 bridgehead atoms. The zero-order chi connectivity index (χ0) is 15.5. The van der Waals surface area contributed by atoms with E-state index < -0.39 is 24.9 Å². The van der Waals surface area contributed by atoms with Crippen LogP contribution in [0.25, 0.3) is 0 Å². The molecule has 21 heavy (non-hydrogen) atoms. The normalized spacial score (nSPS) is 15.4. The van der Waals surface area contributed by atoms with Crippen LogP contribution in [-0.4, -0.2) is 49.0 Å². The predicted octanol–water partition coefficient (Wildman–Crippen LogP) is 1.49. The number of ether oxygens (including phenoxy) is 3. The van der Waals surface area contributed by atoms with E-state index in [0.29, 0.717) is 13.0 Å². The van der Waals surface area contributed by atoms with Gasteiger partial charge in [0, 0.05) is 7.11 Å². The van der Waals surface area contributed by atoms with Gasteiger partial charge in [-0.15, -0.1) is 6.58 Å². The Balaban J connectivity index is 2.69. The Labute approximate surface area is 125 Å². The van der Waals surface area contributed by atoms with Crippen LogP contribution in [0.1, 0.15) is 12.0 Å². The van der Waals surface area contributed by atoms with Crippen LogP contribution in [0.3, 0.4) is 0 Å². The SMILES string of the molecule is C=CC[C@@H](OCOC)[C@H](OCc1ccccc1)[C@@H](O)CO. The van der Waals surface area contributed by atoms with Crippen molar-refractivity contribution in [2.75, 3.05) is 20.5 Å². The molecule has 0 fully saturated rings. The molecule has 0 spiro atoms. The van der Waals surface area contributed by atoms with Gasteiger partial charge < -0.3 is 24.4 Å². The minimum atomic E-state index is -1.03. The van der Waals surface area contributed by atoms with Crippen LogP contribution >= 0.6 is 0 Å². The number of methoxy groups -OCH3 is 1. The Kier molecular flexibility index (Phi) is 8.89. The molecule has 0 unspecified atom stereocenters. The molecule has 0 aliphatic rings. The van der Waals surface area contributed by atoms with Crippen molar-refractivity contribution in [1.82, 2.24) is 0 Å². The van der Waals surface area contributed by atoms with Crippen LogP contribution in [0.15, 0.2) is 43.0 Å². The lowest BCUT2D eigenvalue weighted by atomic mass is 10.0. The standard InChI is InChI=1S/C16H24O5/c1-3-7-15(21-12-19-2)16(14(18)10-17)20-11-13-8-5-4-6-9-13/h3-6,8-9,14-18H,1,7,10-12H2,2H3/t14-,15+,16+/m0/s1. The summed E-state index contributed by atoms with van der Waals surface area (Å²) < 4.78 is 16.2. The van der Waals surface area contributed by atoms with Gasteiger partial charge in [-0.05, 0) is 12.0 Å². The summed E-state index contributed by atoms with van der Waals surface area (Å²) >= 11 is 0. The van der Waals surface area contributed by atoms with E-state index in [1.807, 2.05) is 30.3 Å². The third-order valence-electron chi connectivity index (χ3n) is 3.02. The van der Waals surface area contributed by atoms with E-state index in [1.165, 1.54) is 7.11 Å². The third kappa shape index (κ3) is 6.37. The molecule has 0 amide bonds. The highest BCUT2D eigenvalue weighted by Gasteiger charge is 2.29.